The number of nitrogen functional groups attached to an aromatic ring is 1. The van der Waals surface area contributed by atoms with Gasteiger partial charge in [-0.25, -0.2) is 4.98 Å². The first-order valence-corrected chi connectivity index (χ1v) is 5.58. The van der Waals surface area contributed by atoms with Crippen molar-refractivity contribution in [3.05, 3.63) is 40.8 Å². The van der Waals surface area contributed by atoms with Gasteiger partial charge >= 0.3 is 0 Å². The van der Waals surface area contributed by atoms with Gasteiger partial charge in [-0.3, -0.25) is 9.89 Å². The van der Waals surface area contributed by atoms with Crippen LogP contribution in [0.4, 0.5) is 5.82 Å². The maximum Gasteiger partial charge on any atom is 0.255 e. The van der Waals surface area contributed by atoms with Crippen molar-refractivity contribution >= 4 is 11.7 Å². The van der Waals surface area contributed by atoms with Gasteiger partial charge in [0.05, 0.1) is 11.3 Å². The minimum absolute atomic E-state index is 0.232. The van der Waals surface area contributed by atoms with Gasteiger partial charge in [-0.15, -0.1) is 0 Å². The lowest BCUT2D eigenvalue weighted by molar-refractivity contribution is 0.0951. The Balaban J connectivity index is 2.08. The fraction of sp³-hybridized carbons (Fsp3) is 0.250. The molecule has 0 spiro atoms. The third-order valence-electron chi connectivity index (χ3n) is 2.79. The molecule has 0 saturated carbocycles. The molecule has 2 aromatic rings. The molecule has 0 saturated heterocycles. The van der Waals surface area contributed by atoms with Crippen molar-refractivity contribution in [3.8, 4) is 0 Å². The van der Waals surface area contributed by atoms with Crippen LogP contribution in [0.2, 0.25) is 0 Å². The molecule has 4 N–H and O–H groups in total. The van der Waals surface area contributed by atoms with Crippen molar-refractivity contribution in [2.45, 2.75) is 20.4 Å². The lowest BCUT2D eigenvalue weighted by Crippen LogP contribution is -2.24. The van der Waals surface area contributed by atoms with Gasteiger partial charge in [-0.05, 0) is 26.0 Å². The van der Waals surface area contributed by atoms with E-state index in [4.69, 9.17) is 5.73 Å². The van der Waals surface area contributed by atoms with Crippen LogP contribution in [0.1, 0.15) is 27.3 Å². The predicted octanol–water partition coefficient (Wildman–Crippen LogP) is 0.934. The highest BCUT2D eigenvalue weighted by Crippen LogP contribution is 2.10. The standard InChI is InChI=1S/C12H15N5O/c1-7-10(8(2)17-16-7)6-15-12(18)9-4-3-5-14-11(9)13/h3-5H,6H2,1-2H3,(H2,13,14)(H,15,18)(H,16,17). The van der Waals surface area contributed by atoms with Gasteiger partial charge in [0.1, 0.15) is 5.82 Å². The minimum Gasteiger partial charge on any atom is -0.383 e. The molecule has 6 heteroatoms. The molecule has 0 aromatic carbocycles. The number of aryl methyl sites for hydroxylation is 2. The summed E-state index contributed by atoms with van der Waals surface area (Å²) in [7, 11) is 0. The summed E-state index contributed by atoms with van der Waals surface area (Å²) in [5, 5.41) is 9.75. The van der Waals surface area contributed by atoms with Crippen LogP contribution in [0.15, 0.2) is 18.3 Å². The molecule has 0 unspecified atom stereocenters. The molecule has 0 radical (unpaired) electrons. The van der Waals surface area contributed by atoms with Crippen molar-refractivity contribution in [3.63, 3.8) is 0 Å². The molecule has 6 nitrogen and oxygen atoms in total. The third kappa shape index (κ3) is 2.32. The summed E-state index contributed by atoms with van der Waals surface area (Å²) in [6, 6.07) is 3.33. The average Bonchev–Trinajstić information content (AvgIpc) is 2.67. The second kappa shape index (κ2) is 4.87. The van der Waals surface area contributed by atoms with Crippen molar-refractivity contribution in [1.82, 2.24) is 20.5 Å². The van der Waals surface area contributed by atoms with Crippen LogP contribution in [-0.2, 0) is 6.54 Å². The lowest BCUT2D eigenvalue weighted by atomic mass is 10.2. The number of aromatic nitrogens is 3. The van der Waals surface area contributed by atoms with Crippen molar-refractivity contribution < 1.29 is 4.79 Å². The van der Waals surface area contributed by atoms with Crippen molar-refractivity contribution in [2.24, 2.45) is 0 Å². The Kier molecular flexibility index (Phi) is 3.27. The Morgan fingerprint density at radius 3 is 2.89 bits per heavy atom. The van der Waals surface area contributed by atoms with Gasteiger partial charge in [0, 0.05) is 24.0 Å². The summed E-state index contributed by atoms with van der Waals surface area (Å²) in [6.07, 6.45) is 1.55. The van der Waals surface area contributed by atoms with E-state index in [0.29, 0.717) is 12.1 Å². The predicted molar refractivity (Wildman–Crippen MR) is 67.9 cm³/mol. The number of hydrogen-bond acceptors (Lipinski definition) is 4. The van der Waals surface area contributed by atoms with Gasteiger partial charge < -0.3 is 11.1 Å². The van der Waals surface area contributed by atoms with Crippen molar-refractivity contribution in [2.75, 3.05) is 5.73 Å². The summed E-state index contributed by atoms with van der Waals surface area (Å²) >= 11 is 0. The summed E-state index contributed by atoms with van der Waals surface area (Å²) < 4.78 is 0. The summed E-state index contributed by atoms with van der Waals surface area (Å²) in [4.78, 5) is 15.8. The highest BCUT2D eigenvalue weighted by molar-refractivity contribution is 5.98. The monoisotopic (exact) mass is 245 g/mol. The van der Waals surface area contributed by atoms with Gasteiger partial charge in [0.2, 0.25) is 0 Å². The summed E-state index contributed by atoms with van der Waals surface area (Å²) in [5.41, 5.74) is 8.85. The quantitative estimate of drug-likeness (QED) is 0.749. The topological polar surface area (TPSA) is 96.7 Å². The van der Waals surface area contributed by atoms with E-state index in [1.165, 1.54) is 0 Å². The van der Waals surface area contributed by atoms with E-state index in [-0.39, 0.29) is 11.7 Å². The molecule has 2 rings (SSSR count). The van der Waals surface area contributed by atoms with Gasteiger partial charge in [0.25, 0.3) is 5.91 Å². The van der Waals surface area contributed by atoms with E-state index in [1.807, 2.05) is 13.8 Å². The number of carbonyl (C=O) groups is 1. The normalized spacial score (nSPS) is 10.3. The Morgan fingerprint density at radius 2 is 2.28 bits per heavy atom. The summed E-state index contributed by atoms with van der Waals surface area (Å²) in [6.45, 7) is 4.23. The molecule has 0 aliphatic heterocycles. The van der Waals surface area contributed by atoms with Crippen LogP contribution in [0.25, 0.3) is 0 Å². The Morgan fingerprint density at radius 1 is 1.50 bits per heavy atom. The number of rotatable bonds is 3. The smallest absolute Gasteiger partial charge is 0.255 e. The minimum atomic E-state index is -0.236. The zero-order chi connectivity index (χ0) is 13.1. The molecule has 94 valence electrons. The number of anilines is 1. The van der Waals surface area contributed by atoms with Gasteiger partial charge in [-0.1, -0.05) is 0 Å². The lowest BCUT2D eigenvalue weighted by Gasteiger charge is -2.06. The molecule has 0 fully saturated rings. The Bertz CT molecular complexity index is 556. The summed E-state index contributed by atoms with van der Waals surface area (Å²) in [5.74, 6) is -0.00348. The fourth-order valence-corrected chi connectivity index (χ4v) is 1.71. The van der Waals surface area contributed by atoms with E-state index in [9.17, 15) is 4.79 Å². The number of nitrogens with zero attached hydrogens (tertiary/aromatic N) is 2. The van der Waals surface area contributed by atoms with Gasteiger partial charge in [-0.2, -0.15) is 5.10 Å². The number of nitrogens with two attached hydrogens (primary N) is 1. The van der Waals surface area contributed by atoms with Crippen LogP contribution in [0, 0.1) is 13.8 Å². The number of amides is 1. The second-order valence-corrected chi connectivity index (χ2v) is 4.03. The SMILES string of the molecule is Cc1n[nH]c(C)c1CNC(=O)c1cccnc1N. The van der Waals surface area contributed by atoms with E-state index < -0.39 is 0 Å². The molecular weight excluding hydrogens is 230 g/mol. The highest BCUT2D eigenvalue weighted by Gasteiger charge is 2.12. The van der Waals surface area contributed by atoms with Crippen LogP contribution in [-0.4, -0.2) is 21.1 Å². The van der Waals surface area contributed by atoms with Crippen LogP contribution >= 0.6 is 0 Å². The third-order valence-corrected chi connectivity index (χ3v) is 2.79. The largest absolute Gasteiger partial charge is 0.383 e. The number of hydrogen-bond donors (Lipinski definition) is 3. The van der Waals surface area contributed by atoms with Crippen LogP contribution in [0.5, 0.6) is 0 Å². The molecule has 2 aromatic heterocycles. The molecular formula is C12H15N5O. The van der Waals surface area contributed by atoms with E-state index in [1.54, 1.807) is 18.3 Å². The van der Waals surface area contributed by atoms with E-state index >= 15 is 0 Å². The first kappa shape index (κ1) is 12.1. The zero-order valence-corrected chi connectivity index (χ0v) is 10.3. The molecule has 2 heterocycles. The van der Waals surface area contributed by atoms with Crippen LogP contribution in [0.3, 0.4) is 0 Å². The maximum absolute atomic E-state index is 11.9. The second-order valence-electron chi connectivity index (χ2n) is 4.03. The molecule has 1 amide bonds. The molecule has 0 aliphatic carbocycles. The Hall–Kier alpha value is -2.37. The number of H-pyrrole nitrogens is 1. The highest BCUT2D eigenvalue weighted by atomic mass is 16.1. The average molecular weight is 245 g/mol. The first-order chi connectivity index (χ1) is 8.59. The number of pyridine rings is 1. The number of carbonyl (C=O) groups excluding carboxylic acids is 1. The molecule has 0 bridgehead atoms. The van der Waals surface area contributed by atoms with Crippen LogP contribution < -0.4 is 11.1 Å². The van der Waals surface area contributed by atoms with E-state index in [2.05, 4.69) is 20.5 Å². The maximum atomic E-state index is 11.9. The molecule has 0 aliphatic rings. The zero-order valence-electron chi connectivity index (χ0n) is 10.3. The first-order valence-electron chi connectivity index (χ1n) is 5.58. The number of nitrogens with one attached hydrogen (secondary N) is 2. The van der Waals surface area contributed by atoms with Gasteiger partial charge in [0.15, 0.2) is 0 Å². The van der Waals surface area contributed by atoms with Crippen molar-refractivity contribution in [1.29, 1.82) is 0 Å². The number of aromatic amines is 1. The van der Waals surface area contributed by atoms with E-state index in [0.717, 1.165) is 17.0 Å². The molecule has 0 atom stereocenters. The molecule has 18 heavy (non-hydrogen) atoms. The fourth-order valence-electron chi connectivity index (χ4n) is 1.71. The Labute approximate surface area is 105 Å².